The van der Waals surface area contributed by atoms with E-state index in [1.165, 1.54) is 55.4 Å². The zero-order valence-electron chi connectivity index (χ0n) is 19.2. The average Bonchev–Trinajstić information content (AvgIpc) is 2.86. The molecule has 0 saturated heterocycles. The Balaban J connectivity index is 1.90. The van der Waals surface area contributed by atoms with Crippen molar-refractivity contribution in [3.05, 3.63) is 72.1 Å². The fraction of sp³-hybridized carbons (Fsp3) is 0.143. The van der Waals surface area contributed by atoms with Gasteiger partial charge in [-0.3, -0.25) is 15.0 Å². The molecule has 0 aromatic carbocycles. The van der Waals surface area contributed by atoms with Gasteiger partial charge < -0.3 is 15.3 Å². The summed E-state index contributed by atoms with van der Waals surface area (Å²) >= 11 is 6.04. The number of hydrogen-bond acceptors (Lipinski definition) is 10. The Labute approximate surface area is 207 Å². The molecule has 12 nitrogen and oxygen atoms in total. The first-order valence-corrected chi connectivity index (χ1v) is 12.7. The topological polar surface area (TPSA) is 146 Å². The van der Waals surface area contributed by atoms with Crippen LogP contribution in [0.3, 0.4) is 0 Å². The maximum absolute atomic E-state index is 9.43. The molecule has 0 atom stereocenters. The maximum Gasteiger partial charge on any atom is 0.265 e. The largest absolute Gasteiger partial charge is 0.506 e. The Hall–Kier alpha value is -4.09. The molecular formula is C21H24N9O3PS. The van der Waals surface area contributed by atoms with Gasteiger partial charge in [-0.2, -0.15) is 15.3 Å². The van der Waals surface area contributed by atoms with Crippen molar-refractivity contribution < 1.29 is 15.3 Å². The minimum absolute atomic E-state index is 0.0504. The molecule has 3 N–H and O–H groups in total. The number of pyridine rings is 3. The first-order chi connectivity index (χ1) is 16.7. The third-order valence-electron chi connectivity index (χ3n) is 4.51. The third-order valence-corrected chi connectivity index (χ3v) is 9.21. The van der Waals surface area contributed by atoms with Gasteiger partial charge in [-0.05, 0) is 48.2 Å². The van der Waals surface area contributed by atoms with Crippen molar-refractivity contribution in [2.75, 3.05) is 21.1 Å². The SMILES string of the molecule is CN(/N=C\c1ccc(O)cn1)P(=S)(N(C)/N=C/c1ccc(O)cn1)N(C)/N=C/c1ccc(O)cn1. The lowest BCUT2D eigenvalue weighted by Crippen LogP contribution is -2.29. The van der Waals surface area contributed by atoms with Crippen molar-refractivity contribution in [3.63, 3.8) is 0 Å². The summed E-state index contributed by atoms with van der Waals surface area (Å²) in [7, 11) is 5.11. The van der Waals surface area contributed by atoms with Gasteiger partial charge in [-0.1, -0.05) is 0 Å². The van der Waals surface area contributed by atoms with E-state index in [0.29, 0.717) is 17.1 Å². The van der Waals surface area contributed by atoms with E-state index in [-0.39, 0.29) is 17.2 Å². The summed E-state index contributed by atoms with van der Waals surface area (Å²) in [6, 6.07) is 9.37. The molecule has 3 aromatic heterocycles. The first-order valence-electron chi connectivity index (χ1n) is 10.1. The van der Waals surface area contributed by atoms with Crippen LogP contribution in [0.15, 0.2) is 70.3 Å². The van der Waals surface area contributed by atoms with Crippen molar-refractivity contribution in [1.82, 2.24) is 29.3 Å². The molecule has 35 heavy (non-hydrogen) atoms. The van der Waals surface area contributed by atoms with Crippen LogP contribution in [0.5, 0.6) is 17.2 Å². The van der Waals surface area contributed by atoms with Crippen molar-refractivity contribution in [1.29, 1.82) is 0 Å². The Morgan fingerprint density at radius 2 is 0.914 bits per heavy atom. The van der Waals surface area contributed by atoms with Gasteiger partial charge in [0.15, 0.2) is 0 Å². The second-order valence-corrected chi connectivity index (χ2v) is 11.3. The third kappa shape index (κ3) is 6.71. The fourth-order valence-corrected chi connectivity index (χ4v) is 4.68. The van der Waals surface area contributed by atoms with Gasteiger partial charge in [0.05, 0.1) is 54.3 Å². The number of rotatable bonds is 9. The summed E-state index contributed by atoms with van der Waals surface area (Å²) in [5, 5.41) is 41.7. The molecule has 0 aliphatic rings. The van der Waals surface area contributed by atoms with Crippen LogP contribution in [0.25, 0.3) is 0 Å². The smallest absolute Gasteiger partial charge is 0.265 e. The molecule has 0 spiro atoms. The highest BCUT2D eigenvalue weighted by molar-refractivity contribution is 8.11. The maximum atomic E-state index is 9.43. The Morgan fingerprint density at radius 1 is 0.629 bits per heavy atom. The van der Waals surface area contributed by atoms with Gasteiger partial charge in [0.1, 0.15) is 17.2 Å². The summed E-state index contributed by atoms with van der Waals surface area (Å²) in [5.41, 5.74) is 1.57. The van der Waals surface area contributed by atoms with Crippen molar-refractivity contribution in [3.8, 4) is 17.2 Å². The lowest BCUT2D eigenvalue weighted by atomic mass is 10.4. The second kappa shape index (κ2) is 11.4. The van der Waals surface area contributed by atoms with E-state index in [1.807, 2.05) is 0 Å². The van der Waals surface area contributed by atoms with Gasteiger partial charge >= 0.3 is 0 Å². The summed E-state index contributed by atoms with van der Waals surface area (Å²) in [6.45, 7) is -2.92. The first kappa shape index (κ1) is 25.5. The molecule has 0 unspecified atom stereocenters. The van der Waals surface area contributed by atoms with Crippen LogP contribution in [0.1, 0.15) is 17.1 Å². The molecule has 3 heterocycles. The molecule has 0 saturated carbocycles. The number of hydrogen-bond donors (Lipinski definition) is 3. The number of hydrazone groups is 3. The van der Waals surface area contributed by atoms with Gasteiger partial charge in [0.25, 0.3) is 6.49 Å². The number of aromatic nitrogens is 3. The second-order valence-electron chi connectivity index (χ2n) is 7.04. The Bertz CT molecular complexity index is 1100. The van der Waals surface area contributed by atoms with Crippen LogP contribution in [0.4, 0.5) is 0 Å². The lowest BCUT2D eigenvalue weighted by molar-refractivity contribution is 0.417. The highest BCUT2D eigenvalue weighted by Gasteiger charge is 2.32. The van der Waals surface area contributed by atoms with E-state index < -0.39 is 6.49 Å². The molecule has 0 amide bonds. The van der Waals surface area contributed by atoms with E-state index in [1.54, 1.807) is 53.7 Å². The molecule has 14 heteroatoms. The molecule has 0 aliphatic heterocycles. The zero-order chi connectivity index (χ0) is 25.4. The Morgan fingerprint density at radius 3 is 1.14 bits per heavy atom. The predicted octanol–water partition coefficient (Wildman–Crippen LogP) is 2.41. The molecule has 0 radical (unpaired) electrons. The van der Waals surface area contributed by atoms with Gasteiger partial charge in [-0.15, -0.1) is 0 Å². The summed E-state index contributed by atoms with van der Waals surface area (Å²) in [5.74, 6) is 0.151. The minimum atomic E-state index is -2.92. The van der Waals surface area contributed by atoms with Crippen LogP contribution >= 0.6 is 6.49 Å². The van der Waals surface area contributed by atoms with Crippen molar-refractivity contribution in [2.24, 2.45) is 15.3 Å². The van der Waals surface area contributed by atoms with E-state index in [9.17, 15) is 15.3 Å². The monoisotopic (exact) mass is 513 g/mol. The Kier molecular flexibility index (Phi) is 8.29. The standard InChI is InChI=1S/C21H24N9O3PS/c1-28(25-10-16-4-7-19(31)13-22-16)34(35,29(2)26-11-17-5-8-20(32)14-23-17)30(3)27-12-18-6-9-21(33)15-24-18/h4-15,31-33H,1-3H3/b25-10-,26-11+,27-12+. The van der Waals surface area contributed by atoms with E-state index in [2.05, 4.69) is 30.3 Å². The summed E-state index contributed by atoms with van der Waals surface area (Å²) in [6.07, 6.45) is 8.49. The summed E-state index contributed by atoms with van der Waals surface area (Å²) < 4.78 is 4.71. The molecule has 0 bridgehead atoms. The van der Waals surface area contributed by atoms with Crippen LogP contribution in [-0.2, 0) is 11.8 Å². The van der Waals surface area contributed by atoms with E-state index in [0.717, 1.165) is 0 Å². The van der Waals surface area contributed by atoms with E-state index >= 15 is 0 Å². The average molecular weight is 514 g/mol. The molecule has 3 aromatic rings. The molecule has 0 aliphatic carbocycles. The lowest BCUT2D eigenvalue weighted by Gasteiger charge is -2.39. The van der Waals surface area contributed by atoms with Crippen molar-refractivity contribution in [2.45, 2.75) is 0 Å². The molecular weight excluding hydrogens is 489 g/mol. The molecule has 182 valence electrons. The van der Waals surface area contributed by atoms with Crippen LogP contribution < -0.4 is 0 Å². The highest BCUT2D eigenvalue weighted by Crippen LogP contribution is 2.55. The highest BCUT2D eigenvalue weighted by atomic mass is 32.4. The minimum Gasteiger partial charge on any atom is -0.506 e. The number of aromatic hydroxyl groups is 3. The van der Waals surface area contributed by atoms with Gasteiger partial charge in [-0.25, -0.2) is 14.3 Å². The van der Waals surface area contributed by atoms with E-state index in [4.69, 9.17) is 11.8 Å². The summed E-state index contributed by atoms with van der Waals surface area (Å²) in [4.78, 5) is 12.3. The van der Waals surface area contributed by atoms with Gasteiger partial charge in [0, 0.05) is 21.1 Å². The number of nitrogens with zero attached hydrogens (tertiary/aromatic N) is 9. The normalized spacial score (nSPS) is 12.0. The fourth-order valence-electron chi connectivity index (χ4n) is 2.61. The molecule has 0 fully saturated rings. The molecule has 3 rings (SSSR count). The van der Waals surface area contributed by atoms with Crippen LogP contribution in [-0.4, -0.2) is 84.4 Å². The van der Waals surface area contributed by atoms with Gasteiger partial charge in [0.2, 0.25) is 0 Å². The van der Waals surface area contributed by atoms with Crippen LogP contribution in [0, 0.1) is 0 Å². The zero-order valence-corrected chi connectivity index (χ0v) is 20.9. The predicted molar refractivity (Wildman–Crippen MR) is 138 cm³/mol. The van der Waals surface area contributed by atoms with Crippen LogP contribution in [0.2, 0.25) is 0 Å². The van der Waals surface area contributed by atoms with Crippen molar-refractivity contribution >= 4 is 36.9 Å². The quantitative estimate of drug-likeness (QED) is 0.221.